The van der Waals surface area contributed by atoms with E-state index in [1.807, 2.05) is 20.8 Å². The van der Waals surface area contributed by atoms with Gasteiger partial charge in [0.2, 0.25) is 0 Å². The molecule has 1 aromatic carbocycles. The lowest BCUT2D eigenvalue weighted by molar-refractivity contribution is -0.145. The van der Waals surface area contributed by atoms with Gasteiger partial charge in [0.15, 0.2) is 0 Å². The number of methoxy groups -OCH3 is 1. The molecule has 0 saturated heterocycles. The Labute approximate surface area is 131 Å². The van der Waals surface area contributed by atoms with E-state index < -0.39 is 11.4 Å². The molecule has 4 heteroatoms. The van der Waals surface area contributed by atoms with Gasteiger partial charge in [-0.3, -0.25) is 4.79 Å². The second-order valence-electron chi connectivity index (χ2n) is 6.05. The minimum absolute atomic E-state index is 0.543. The Bertz CT molecular complexity index is 543. The number of halogens is 1. The number of benzene rings is 1. The third kappa shape index (κ3) is 2.42. The van der Waals surface area contributed by atoms with Crippen molar-refractivity contribution >= 4 is 17.6 Å². The van der Waals surface area contributed by atoms with Crippen LogP contribution >= 0.6 is 11.6 Å². The van der Waals surface area contributed by atoms with Crippen LogP contribution in [0.25, 0.3) is 0 Å². The van der Waals surface area contributed by atoms with Crippen LogP contribution in [0.4, 0.5) is 0 Å². The Balaban J connectivity index is 2.75. The SMILES string of the molecule is COc1c(C)c(C)c(C2(C(=O)O)CCCCC2)c(C)c1Cl. The topological polar surface area (TPSA) is 46.5 Å². The summed E-state index contributed by atoms with van der Waals surface area (Å²) >= 11 is 6.44. The first-order chi connectivity index (χ1) is 9.86. The number of carboxylic acids is 1. The molecule has 3 nitrogen and oxygen atoms in total. The number of hydrogen-bond acceptors (Lipinski definition) is 2. The Morgan fingerprint density at radius 2 is 1.67 bits per heavy atom. The molecule has 2 rings (SSSR count). The highest BCUT2D eigenvalue weighted by molar-refractivity contribution is 6.33. The molecule has 0 aliphatic heterocycles. The van der Waals surface area contributed by atoms with Gasteiger partial charge in [0.25, 0.3) is 0 Å². The van der Waals surface area contributed by atoms with E-state index in [0.717, 1.165) is 41.5 Å². The van der Waals surface area contributed by atoms with E-state index in [9.17, 15) is 9.90 Å². The second-order valence-corrected chi connectivity index (χ2v) is 6.42. The normalized spacial score (nSPS) is 17.6. The van der Waals surface area contributed by atoms with E-state index in [2.05, 4.69) is 0 Å². The van der Waals surface area contributed by atoms with Crippen LogP contribution < -0.4 is 4.74 Å². The van der Waals surface area contributed by atoms with Crippen LogP contribution in [-0.2, 0) is 10.2 Å². The van der Waals surface area contributed by atoms with E-state index in [4.69, 9.17) is 16.3 Å². The van der Waals surface area contributed by atoms with Gasteiger partial charge in [-0.25, -0.2) is 0 Å². The fourth-order valence-corrected chi connectivity index (χ4v) is 4.08. The number of hydrogen-bond donors (Lipinski definition) is 1. The standard InChI is InChI=1S/C17H23ClO3/c1-10-11(2)15(21-4)14(18)12(3)13(10)17(16(19)20)8-6-5-7-9-17/h5-9H2,1-4H3,(H,19,20). The maximum absolute atomic E-state index is 12.1. The molecular weight excluding hydrogens is 288 g/mol. The minimum atomic E-state index is -0.799. The summed E-state index contributed by atoms with van der Waals surface area (Å²) in [6.07, 6.45) is 4.38. The molecule has 0 heterocycles. The largest absolute Gasteiger partial charge is 0.495 e. The lowest BCUT2D eigenvalue weighted by atomic mass is 9.66. The summed E-state index contributed by atoms with van der Waals surface area (Å²) in [6.45, 7) is 5.84. The molecule has 0 atom stereocenters. The van der Waals surface area contributed by atoms with E-state index in [0.29, 0.717) is 23.6 Å². The molecular formula is C17H23ClO3. The van der Waals surface area contributed by atoms with Crippen molar-refractivity contribution in [3.05, 3.63) is 27.3 Å². The molecule has 1 aliphatic carbocycles. The van der Waals surface area contributed by atoms with Gasteiger partial charge >= 0.3 is 5.97 Å². The Hall–Kier alpha value is -1.22. The molecule has 1 aromatic rings. The van der Waals surface area contributed by atoms with E-state index >= 15 is 0 Å². The van der Waals surface area contributed by atoms with Crippen LogP contribution in [0.1, 0.15) is 54.4 Å². The first kappa shape index (κ1) is 16.2. The highest BCUT2D eigenvalue weighted by Gasteiger charge is 2.44. The Kier molecular flexibility index (Phi) is 4.52. The fourth-order valence-electron chi connectivity index (χ4n) is 3.77. The predicted octanol–water partition coefficient (Wildman–Crippen LogP) is 4.56. The maximum Gasteiger partial charge on any atom is 0.314 e. The monoisotopic (exact) mass is 310 g/mol. The summed E-state index contributed by atoms with van der Waals surface area (Å²) in [5, 5.41) is 10.5. The van der Waals surface area contributed by atoms with Crippen LogP contribution in [0.2, 0.25) is 5.02 Å². The molecule has 1 fully saturated rings. The number of carbonyl (C=O) groups is 1. The van der Waals surface area contributed by atoms with Gasteiger partial charge in [-0.2, -0.15) is 0 Å². The van der Waals surface area contributed by atoms with Crippen LogP contribution in [-0.4, -0.2) is 18.2 Å². The summed E-state index contributed by atoms with van der Waals surface area (Å²) in [6, 6.07) is 0. The van der Waals surface area contributed by atoms with E-state index in [-0.39, 0.29) is 0 Å². The number of carboxylic acid groups (broad SMARTS) is 1. The van der Waals surface area contributed by atoms with Gasteiger partial charge in [0.05, 0.1) is 17.5 Å². The molecule has 21 heavy (non-hydrogen) atoms. The molecule has 1 N–H and O–H groups in total. The van der Waals surface area contributed by atoms with Crippen molar-refractivity contribution in [2.75, 3.05) is 7.11 Å². The Morgan fingerprint density at radius 1 is 1.10 bits per heavy atom. The summed E-state index contributed by atoms with van der Waals surface area (Å²) in [5.41, 5.74) is 2.89. The lowest BCUT2D eigenvalue weighted by Crippen LogP contribution is -2.39. The van der Waals surface area contributed by atoms with Gasteiger partial charge in [0.1, 0.15) is 5.75 Å². The average molecular weight is 311 g/mol. The first-order valence-electron chi connectivity index (χ1n) is 7.44. The average Bonchev–Trinajstić information content (AvgIpc) is 2.47. The number of aliphatic carboxylic acids is 1. The minimum Gasteiger partial charge on any atom is -0.495 e. The Morgan fingerprint density at radius 3 is 2.14 bits per heavy atom. The summed E-state index contributed by atoms with van der Waals surface area (Å²) in [7, 11) is 1.60. The zero-order valence-corrected chi connectivity index (χ0v) is 13.9. The summed E-state index contributed by atoms with van der Waals surface area (Å²) in [4.78, 5) is 12.1. The van der Waals surface area contributed by atoms with Gasteiger partial charge < -0.3 is 9.84 Å². The van der Waals surface area contributed by atoms with E-state index in [1.54, 1.807) is 7.11 Å². The molecule has 116 valence electrons. The van der Waals surface area contributed by atoms with Crippen molar-refractivity contribution in [2.45, 2.75) is 58.3 Å². The highest BCUT2D eigenvalue weighted by Crippen LogP contribution is 2.47. The highest BCUT2D eigenvalue weighted by atomic mass is 35.5. The summed E-state index contributed by atoms with van der Waals surface area (Å²) in [5.74, 6) is -0.0687. The zero-order valence-electron chi connectivity index (χ0n) is 13.2. The third-order valence-corrected chi connectivity index (χ3v) is 5.44. The van der Waals surface area contributed by atoms with Crippen molar-refractivity contribution in [3.8, 4) is 5.75 Å². The van der Waals surface area contributed by atoms with Gasteiger partial charge in [0, 0.05) is 0 Å². The molecule has 1 saturated carbocycles. The van der Waals surface area contributed by atoms with Gasteiger partial charge in [-0.1, -0.05) is 30.9 Å². The van der Waals surface area contributed by atoms with Crippen molar-refractivity contribution in [3.63, 3.8) is 0 Å². The molecule has 0 unspecified atom stereocenters. The van der Waals surface area contributed by atoms with Crippen LogP contribution in [0.15, 0.2) is 0 Å². The second kappa shape index (κ2) is 5.88. The van der Waals surface area contributed by atoms with Crippen LogP contribution in [0.5, 0.6) is 5.75 Å². The lowest BCUT2D eigenvalue weighted by Gasteiger charge is -2.37. The molecule has 0 bridgehead atoms. The smallest absolute Gasteiger partial charge is 0.314 e. The first-order valence-corrected chi connectivity index (χ1v) is 7.81. The van der Waals surface area contributed by atoms with Gasteiger partial charge in [-0.15, -0.1) is 0 Å². The van der Waals surface area contributed by atoms with Crippen LogP contribution in [0, 0.1) is 20.8 Å². The number of ether oxygens (including phenoxy) is 1. The van der Waals surface area contributed by atoms with Crippen molar-refractivity contribution < 1.29 is 14.6 Å². The third-order valence-electron chi connectivity index (χ3n) is 4.98. The van der Waals surface area contributed by atoms with Gasteiger partial charge in [-0.05, 0) is 55.9 Å². The predicted molar refractivity (Wildman–Crippen MR) is 84.6 cm³/mol. The quantitative estimate of drug-likeness (QED) is 0.890. The van der Waals surface area contributed by atoms with Crippen molar-refractivity contribution in [1.29, 1.82) is 0 Å². The number of rotatable bonds is 3. The van der Waals surface area contributed by atoms with E-state index in [1.165, 1.54) is 0 Å². The maximum atomic E-state index is 12.1. The zero-order chi connectivity index (χ0) is 15.8. The van der Waals surface area contributed by atoms with Crippen LogP contribution in [0.3, 0.4) is 0 Å². The molecule has 0 spiro atoms. The summed E-state index contributed by atoms with van der Waals surface area (Å²) < 4.78 is 5.39. The van der Waals surface area contributed by atoms with Crippen molar-refractivity contribution in [1.82, 2.24) is 0 Å². The van der Waals surface area contributed by atoms with Crippen molar-refractivity contribution in [2.24, 2.45) is 0 Å². The fraction of sp³-hybridized carbons (Fsp3) is 0.588. The molecule has 0 radical (unpaired) electrons. The molecule has 0 amide bonds. The molecule has 1 aliphatic rings. The molecule has 0 aromatic heterocycles.